The fourth-order valence-electron chi connectivity index (χ4n) is 5.48. The third kappa shape index (κ3) is 9.47. The zero-order valence-electron chi connectivity index (χ0n) is 27.8. The van der Waals surface area contributed by atoms with Gasteiger partial charge in [0.25, 0.3) is 11.8 Å². The van der Waals surface area contributed by atoms with E-state index in [1.165, 1.54) is 6.92 Å². The van der Waals surface area contributed by atoms with Crippen LogP contribution in [0.25, 0.3) is 10.8 Å². The van der Waals surface area contributed by atoms with Gasteiger partial charge in [0.2, 0.25) is 23.5 Å². The van der Waals surface area contributed by atoms with Crippen LogP contribution in [0.5, 0.6) is 0 Å². The van der Waals surface area contributed by atoms with Crippen molar-refractivity contribution in [2.24, 2.45) is 5.92 Å². The van der Waals surface area contributed by atoms with E-state index < -0.39 is 53.5 Å². The number of fused-ring (bicyclic) bond motifs is 1. The normalized spacial score (nSPS) is 15.2. The molecule has 0 aliphatic carbocycles. The molecule has 0 unspecified atom stereocenters. The minimum atomic E-state index is -1.19. The fourth-order valence-corrected chi connectivity index (χ4v) is 5.48. The summed E-state index contributed by atoms with van der Waals surface area (Å²) in [5.41, 5.74) is 1.21. The van der Waals surface area contributed by atoms with Crippen molar-refractivity contribution in [3.8, 4) is 0 Å². The van der Waals surface area contributed by atoms with E-state index in [2.05, 4.69) is 26.2 Å². The Bertz CT molecular complexity index is 1630. The second kappa shape index (κ2) is 16.6. The van der Waals surface area contributed by atoms with Crippen LogP contribution < -0.4 is 21.3 Å². The standard InChI is InChI=1S/C36H44N6O6/c1-23(2)31(32(44)36(48)37-22-30(43)42-19-17-41(4)18-20-42)40-33(45)24(3)38-35(47)29(39-34(46)26-12-6-5-7-13-26)21-27-15-10-14-25-11-8-9-16-28(25)27/h5-16,23-24,29,31H,17-22H2,1-4H3,(H,37,48)(H,38,47)(H,39,46)(H,40,45)/t24-,29-,31-/m0/s1. The molecule has 5 amide bonds. The van der Waals surface area contributed by atoms with Crippen LogP contribution in [0.4, 0.5) is 0 Å². The van der Waals surface area contributed by atoms with Gasteiger partial charge in [0, 0.05) is 38.2 Å². The van der Waals surface area contributed by atoms with E-state index in [0.29, 0.717) is 18.7 Å². The van der Waals surface area contributed by atoms with E-state index >= 15 is 0 Å². The van der Waals surface area contributed by atoms with Crippen LogP contribution in [0.2, 0.25) is 0 Å². The fraction of sp³-hybridized carbons (Fsp3) is 0.389. The van der Waals surface area contributed by atoms with E-state index in [1.807, 2.05) is 49.5 Å². The van der Waals surface area contributed by atoms with Gasteiger partial charge in [0.1, 0.15) is 12.1 Å². The van der Waals surface area contributed by atoms with Gasteiger partial charge < -0.3 is 31.1 Å². The summed E-state index contributed by atoms with van der Waals surface area (Å²) < 4.78 is 0. The Hall–Kier alpha value is -5.10. The maximum Gasteiger partial charge on any atom is 0.290 e. The van der Waals surface area contributed by atoms with Crippen molar-refractivity contribution >= 4 is 46.1 Å². The number of likely N-dealkylation sites (N-methyl/N-ethyl adjacent to an activating group) is 1. The molecule has 0 aromatic heterocycles. The minimum absolute atomic E-state index is 0.153. The lowest BCUT2D eigenvalue weighted by atomic mass is 9.97. The lowest BCUT2D eigenvalue weighted by molar-refractivity contribution is -0.142. The molecule has 1 fully saturated rings. The van der Waals surface area contributed by atoms with Gasteiger partial charge in [-0.15, -0.1) is 0 Å². The molecular formula is C36H44N6O6. The summed E-state index contributed by atoms with van der Waals surface area (Å²) in [7, 11) is 1.96. The molecule has 0 radical (unpaired) electrons. The molecule has 3 aromatic rings. The summed E-state index contributed by atoms with van der Waals surface area (Å²) >= 11 is 0. The number of rotatable bonds is 13. The highest BCUT2D eigenvalue weighted by molar-refractivity contribution is 6.38. The lowest BCUT2D eigenvalue weighted by Gasteiger charge is -2.32. The molecule has 1 heterocycles. The number of Topliss-reactive ketones (excluding diaryl/α,β-unsaturated/α-hetero) is 1. The summed E-state index contributed by atoms with van der Waals surface area (Å²) in [5.74, 6) is -4.36. The number of carbonyl (C=O) groups excluding carboxylic acids is 6. The van der Waals surface area contributed by atoms with Crippen molar-refractivity contribution in [3.05, 3.63) is 83.9 Å². The number of hydrogen-bond acceptors (Lipinski definition) is 7. The van der Waals surface area contributed by atoms with Gasteiger partial charge in [-0.1, -0.05) is 74.5 Å². The first-order chi connectivity index (χ1) is 22.9. The van der Waals surface area contributed by atoms with Gasteiger partial charge in [-0.25, -0.2) is 0 Å². The average Bonchev–Trinajstić information content (AvgIpc) is 3.09. The Balaban J connectivity index is 1.40. The highest BCUT2D eigenvalue weighted by atomic mass is 16.2. The summed E-state index contributed by atoms with van der Waals surface area (Å²) in [4.78, 5) is 82.1. The lowest BCUT2D eigenvalue weighted by Crippen LogP contribution is -2.57. The molecule has 12 nitrogen and oxygen atoms in total. The summed E-state index contributed by atoms with van der Waals surface area (Å²) in [5, 5.41) is 12.4. The predicted octanol–water partition coefficient (Wildman–Crippen LogP) is 1.29. The zero-order valence-corrected chi connectivity index (χ0v) is 27.8. The first-order valence-electron chi connectivity index (χ1n) is 16.2. The monoisotopic (exact) mass is 656 g/mol. The minimum Gasteiger partial charge on any atom is -0.344 e. The van der Waals surface area contributed by atoms with E-state index in [4.69, 9.17) is 0 Å². The van der Waals surface area contributed by atoms with Crippen molar-refractivity contribution in [1.82, 2.24) is 31.1 Å². The van der Waals surface area contributed by atoms with Gasteiger partial charge in [-0.2, -0.15) is 0 Å². The average molecular weight is 657 g/mol. The number of nitrogens with zero attached hydrogens (tertiary/aromatic N) is 2. The second-order valence-electron chi connectivity index (χ2n) is 12.4. The molecule has 0 spiro atoms. The highest BCUT2D eigenvalue weighted by Crippen LogP contribution is 2.20. The van der Waals surface area contributed by atoms with Gasteiger partial charge >= 0.3 is 0 Å². The molecule has 48 heavy (non-hydrogen) atoms. The molecule has 1 aliphatic rings. The number of benzene rings is 3. The molecule has 0 bridgehead atoms. The van der Waals surface area contributed by atoms with Crippen molar-refractivity contribution in [1.29, 1.82) is 0 Å². The maximum absolute atomic E-state index is 13.6. The highest BCUT2D eigenvalue weighted by Gasteiger charge is 2.33. The van der Waals surface area contributed by atoms with Gasteiger partial charge in [-0.3, -0.25) is 28.8 Å². The molecule has 1 aliphatic heterocycles. The summed E-state index contributed by atoms with van der Waals surface area (Å²) in [6, 6.07) is 18.6. The Morgan fingerprint density at radius 1 is 0.729 bits per heavy atom. The molecule has 1 saturated heterocycles. The number of carbonyl (C=O) groups is 6. The van der Waals surface area contributed by atoms with E-state index in [1.54, 1.807) is 49.1 Å². The largest absolute Gasteiger partial charge is 0.344 e. The van der Waals surface area contributed by atoms with E-state index in [9.17, 15) is 28.8 Å². The van der Waals surface area contributed by atoms with Crippen molar-refractivity contribution in [2.75, 3.05) is 39.8 Å². The van der Waals surface area contributed by atoms with Crippen molar-refractivity contribution < 1.29 is 28.8 Å². The first kappa shape index (κ1) is 35.7. The van der Waals surface area contributed by atoms with Crippen LogP contribution in [0.15, 0.2) is 72.8 Å². The van der Waals surface area contributed by atoms with E-state index in [-0.39, 0.29) is 18.9 Å². The number of amides is 5. The van der Waals surface area contributed by atoms with Gasteiger partial charge in [0.15, 0.2) is 0 Å². The van der Waals surface area contributed by atoms with Crippen LogP contribution in [-0.4, -0.2) is 103 Å². The quantitative estimate of drug-likeness (QED) is 0.202. The molecular weight excluding hydrogens is 612 g/mol. The number of piperazine rings is 1. The third-order valence-corrected chi connectivity index (χ3v) is 8.44. The Morgan fingerprint density at radius 3 is 2.06 bits per heavy atom. The van der Waals surface area contributed by atoms with Gasteiger partial charge in [-0.05, 0) is 48.4 Å². The SMILES string of the molecule is CC(C)[C@H](NC(=O)[C@H](C)NC(=O)[C@H](Cc1cccc2ccccc12)NC(=O)c1ccccc1)C(=O)C(=O)NCC(=O)N1CCN(C)CC1. The Labute approximate surface area is 280 Å². The van der Waals surface area contributed by atoms with Crippen LogP contribution in [0.1, 0.15) is 36.7 Å². The molecule has 0 saturated carbocycles. The van der Waals surface area contributed by atoms with Crippen LogP contribution in [0, 0.1) is 5.92 Å². The second-order valence-corrected chi connectivity index (χ2v) is 12.4. The number of ketones is 1. The van der Waals surface area contributed by atoms with Crippen LogP contribution in [-0.2, 0) is 30.4 Å². The summed E-state index contributed by atoms with van der Waals surface area (Å²) in [6.07, 6.45) is 0.153. The Kier molecular flexibility index (Phi) is 12.4. The molecule has 3 atom stereocenters. The molecule has 254 valence electrons. The van der Waals surface area contributed by atoms with E-state index in [0.717, 1.165) is 29.4 Å². The molecule has 4 rings (SSSR count). The Morgan fingerprint density at radius 2 is 1.38 bits per heavy atom. The predicted molar refractivity (Wildman–Crippen MR) is 182 cm³/mol. The smallest absolute Gasteiger partial charge is 0.290 e. The number of nitrogens with one attached hydrogen (secondary N) is 4. The molecule has 12 heteroatoms. The maximum atomic E-state index is 13.6. The number of hydrogen-bond donors (Lipinski definition) is 4. The van der Waals surface area contributed by atoms with Crippen molar-refractivity contribution in [3.63, 3.8) is 0 Å². The molecule has 4 N–H and O–H groups in total. The first-order valence-corrected chi connectivity index (χ1v) is 16.2. The topological polar surface area (TPSA) is 157 Å². The van der Waals surface area contributed by atoms with Crippen molar-refractivity contribution in [2.45, 2.75) is 45.3 Å². The van der Waals surface area contributed by atoms with Crippen LogP contribution in [0.3, 0.4) is 0 Å². The van der Waals surface area contributed by atoms with Crippen LogP contribution >= 0.6 is 0 Å². The summed E-state index contributed by atoms with van der Waals surface area (Å²) in [6.45, 7) is 6.99. The van der Waals surface area contributed by atoms with Gasteiger partial charge in [0.05, 0.1) is 12.6 Å². The third-order valence-electron chi connectivity index (χ3n) is 8.44. The molecule has 3 aromatic carbocycles. The zero-order chi connectivity index (χ0) is 34.8.